The van der Waals surface area contributed by atoms with Crippen LogP contribution in [0.5, 0.6) is 0 Å². The van der Waals surface area contributed by atoms with Crippen molar-refractivity contribution in [2.75, 3.05) is 13.1 Å². The summed E-state index contributed by atoms with van der Waals surface area (Å²) >= 11 is 0. The second-order valence-corrected chi connectivity index (χ2v) is 5.57. The van der Waals surface area contributed by atoms with Gasteiger partial charge in [0.25, 0.3) is 0 Å². The molecule has 1 atom stereocenters. The summed E-state index contributed by atoms with van der Waals surface area (Å²) in [4.78, 5) is 35.5. The number of likely N-dealkylation sites (tertiary alicyclic amines) is 1. The van der Waals surface area contributed by atoms with Gasteiger partial charge < -0.3 is 11.1 Å². The third-order valence-corrected chi connectivity index (χ3v) is 3.00. The Hall–Kier alpha value is -1.43. The lowest BCUT2D eigenvalue weighted by Crippen LogP contribution is -2.50. The maximum atomic E-state index is 11.7. The van der Waals surface area contributed by atoms with Gasteiger partial charge in [0.15, 0.2) is 0 Å². The first-order valence-electron chi connectivity index (χ1n) is 6.10. The number of rotatable bonds is 4. The molecule has 102 valence electrons. The lowest BCUT2D eigenvalue weighted by molar-refractivity contribution is -0.138. The van der Waals surface area contributed by atoms with E-state index in [1.165, 1.54) is 4.90 Å². The Morgan fingerprint density at radius 2 is 1.83 bits per heavy atom. The van der Waals surface area contributed by atoms with Crippen LogP contribution in [0.1, 0.15) is 33.6 Å². The molecule has 0 aromatic carbocycles. The molecule has 3 amide bonds. The van der Waals surface area contributed by atoms with Crippen LogP contribution in [0.4, 0.5) is 0 Å². The van der Waals surface area contributed by atoms with Crippen LogP contribution >= 0.6 is 0 Å². The number of hydrogen-bond acceptors (Lipinski definition) is 4. The Balaban J connectivity index is 2.36. The Labute approximate surface area is 107 Å². The van der Waals surface area contributed by atoms with Gasteiger partial charge in [0.2, 0.25) is 17.7 Å². The van der Waals surface area contributed by atoms with Crippen molar-refractivity contribution < 1.29 is 14.4 Å². The number of nitrogens with zero attached hydrogens (tertiary/aromatic N) is 1. The first kappa shape index (κ1) is 14.6. The predicted octanol–water partition coefficient (Wildman–Crippen LogP) is -0.375. The van der Waals surface area contributed by atoms with Gasteiger partial charge >= 0.3 is 0 Å². The van der Waals surface area contributed by atoms with E-state index in [9.17, 15) is 14.4 Å². The predicted molar refractivity (Wildman–Crippen MR) is 66.4 cm³/mol. The molecule has 6 nitrogen and oxygen atoms in total. The highest BCUT2D eigenvalue weighted by Crippen LogP contribution is 2.17. The summed E-state index contributed by atoms with van der Waals surface area (Å²) in [5, 5.41) is 2.65. The highest BCUT2D eigenvalue weighted by atomic mass is 16.2. The van der Waals surface area contributed by atoms with E-state index < -0.39 is 6.04 Å². The molecule has 0 radical (unpaired) electrons. The number of imide groups is 1. The minimum atomic E-state index is -0.609. The van der Waals surface area contributed by atoms with Crippen LogP contribution in [0.25, 0.3) is 0 Å². The van der Waals surface area contributed by atoms with E-state index in [-0.39, 0.29) is 49.1 Å². The van der Waals surface area contributed by atoms with Gasteiger partial charge in [-0.05, 0) is 5.41 Å². The van der Waals surface area contributed by atoms with Crippen LogP contribution in [0.15, 0.2) is 0 Å². The number of hydrogen-bond donors (Lipinski definition) is 2. The Kier molecular flexibility index (Phi) is 4.45. The quantitative estimate of drug-likeness (QED) is 0.670. The molecule has 1 saturated heterocycles. The Morgan fingerprint density at radius 1 is 1.33 bits per heavy atom. The van der Waals surface area contributed by atoms with E-state index in [2.05, 4.69) is 5.32 Å². The van der Waals surface area contributed by atoms with Gasteiger partial charge in [0, 0.05) is 25.9 Å². The van der Waals surface area contributed by atoms with Crippen LogP contribution < -0.4 is 11.1 Å². The van der Waals surface area contributed by atoms with Crippen molar-refractivity contribution >= 4 is 17.7 Å². The molecule has 0 aromatic heterocycles. The third-order valence-electron chi connectivity index (χ3n) is 3.00. The summed E-state index contributed by atoms with van der Waals surface area (Å²) in [6, 6.07) is -0.609. The van der Waals surface area contributed by atoms with Crippen LogP contribution in [0.2, 0.25) is 0 Å². The van der Waals surface area contributed by atoms with Crippen molar-refractivity contribution in [2.45, 2.75) is 39.7 Å². The fourth-order valence-electron chi connectivity index (χ4n) is 1.67. The van der Waals surface area contributed by atoms with Crippen LogP contribution in [0.3, 0.4) is 0 Å². The van der Waals surface area contributed by atoms with Crippen molar-refractivity contribution in [1.82, 2.24) is 10.2 Å². The monoisotopic (exact) mass is 255 g/mol. The van der Waals surface area contributed by atoms with Gasteiger partial charge in [-0.3, -0.25) is 19.3 Å². The highest BCUT2D eigenvalue weighted by molar-refractivity contribution is 6.01. The second kappa shape index (κ2) is 5.48. The molecule has 0 spiro atoms. The van der Waals surface area contributed by atoms with E-state index in [1.54, 1.807) is 0 Å². The summed E-state index contributed by atoms with van der Waals surface area (Å²) in [6.45, 7) is 6.11. The molecule has 0 aliphatic carbocycles. The topological polar surface area (TPSA) is 92.5 Å². The van der Waals surface area contributed by atoms with Crippen molar-refractivity contribution in [3.05, 3.63) is 0 Å². The molecule has 1 heterocycles. The zero-order valence-corrected chi connectivity index (χ0v) is 11.2. The van der Waals surface area contributed by atoms with Gasteiger partial charge in [-0.25, -0.2) is 0 Å². The lowest BCUT2D eigenvalue weighted by Gasteiger charge is -2.26. The smallest absolute Gasteiger partial charge is 0.237 e. The summed E-state index contributed by atoms with van der Waals surface area (Å²) in [5.74, 6) is -0.606. The number of nitrogens with one attached hydrogen (secondary N) is 1. The van der Waals surface area contributed by atoms with Gasteiger partial charge in [-0.1, -0.05) is 20.8 Å². The number of carbonyl (C=O) groups is 3. The molecule has 0 saturated carbocycles. The van der Waals surface area contributed by atoms with Crippen LogP contribution in [0, 0.1) is 5.41 Å². The number of carbonyl (C=O) groups excluding carboxylic acids is 3. The number of amides is 3. The maximum absolute atomic E-state index is 11.7. The van der Waals surface area contributed by atoms with Crippen molar-refractivity contribution in [3.8, 4) is 0 Å². The molecule has 0 bridgehead atoms. The van der Waals surface area contributed by atoms with Gasteiger partial charge in [0.05, 0.1) is 6.04 Å². The molecule has 1 aliphatic rings. The van der Waals surface area contributed by atoms with Crippen molar-refractivity contribution in [1.29, 1.82) is 0 Å². The average Bonchev–Trinajstić information content (AvgIpc) is 2.57. The highest BCUT2D eigenvalue weighted by Gasteiger charge is 2.30. The molecule has 3 N–H and O–H groups in total. The van der Waals surface area contributed by atoms with Crippen LogP contribution in [-0.4, -0.2) is 41.8 Å². The van der Waals surface area contributed by atoms with Crippen molar-refractivity contribution in [3.63, 3.8) is 0 Å². The summed E-state index contributed by atoms with van der Waals surface area (Å²) in [5.41, 5.74) is 5.47. The first-order chi connectivity index (χ1) is 8.23. The zero-order chi connectivity index (χ0) is 13.9. The van der Waals surface area contributed by atoms with E-state index in [0.29, 0.717) is 0 Å². The molecule has 1 aliphatic heterocycles. The Morgan fingerprint density at radius 3 is 2.28 bits per heavy atom. The first-order valence-corrected chi connectivity index (χ1v) is 6.10. The van der Waals surface area contributed by atoms with Crippen LogP contribution in [-0.2, 0) is 14.4 Å². The maximum Gasteiger partial charge on any atom is 0.237 e. The fourth-order valence-corrected chi connectivity index (χ4v) is 1.67. The van der Waals surface area contributed by atoms with Crippen molar-refractivity contribution in [2.24, 2.45) is 11.1 Å². The zero-order valence-electron chi connectivity index (χ0n) is 11.2. The largest absolute Gasteiger partial charge is 0.353 e. The van der Waals surface area contributed by atoms with Gasteiger partial charge in [-0.15, -0.1) is 0 Å². The molecule has 0 unspecified atom stereocenters. The molecular weight excluding hydrogens is 234 g/mol. The second-order valence-electron chi connectivity index (χ2n) is 5.57. The van der Waals surface area contributed by atoms with E-state index in [1.807, 2.05) is 20.8 Å². The molecular formula is C12H21N3O3. The average molecular weight is 255 g/mol. The third kappa shape index (κ3) is 3.53. The fraction of sp³-hybridized carbons (Fsp3) is 0.750. The molecule has 6 heteroatoms. The SMILES string of the molecule is CC(C)(C)[C@H](N)C(=O)NCCN1C(=O)CCC1=O. The molecule has 18 heavy (non-hydrogen) atoms. The lowest BCUT2D eigenvalue weighted by atomic mass is 9.87. The minimum absolute atomic E-state index is 0.172. The summed E-state index contributed by atoms with van der Waals surface area (Å²) in [7, 11) is 0. The van der Waals surface area contributed by atoms with E-state index in [0.717, 1.165) is 0 Å². The summed E-state index contributed by atoms with van der Waals surface area (Å²) in [6.07, 6.45) is 0.544. The minimum Gasteiger partial charge on any atom is -0.353 e. The van der Waals surface area contributed by atoms with E-state index in [4.69, 9.17) is 5.73 Å². The van der Waals surface area contributed by atoms with E-state index >= 15 is 0 Å². The normalized spacial score (nSPS) is 18.1. The Bertz CT molecular complexity index is 344. The van der Waals surface area contributed by atoms with Gasteiger partial charge in [-0.2, -0.15) is 0 Å². The van der Waals surface area contributed by atoms with Gasteiger partial charge in [0.1, 0.15) is 0 Å². The molecule has 0 aromatic rings. The number of nitrogens with two attached hydrogens (primary N) is 1. The summed E-state index contributed by atoms with van der Waals surface area (Å²) < 4.78 is 0. The standard InChI is InChI=1S/C12H21N3O3/c1-12(2,3)10(13)11(18)14-6-7-15-8(16)4-5-9(15)17/h10H,4-7,13H2,1-3H3,(H,14,18)/t10-/m1/s1. The molecule has 1 rings (SSSR count). The molecule has 1 fully saturated rings.